The number of unbranched alkanes of at least 4 members (excludes halogenated alkanes) is 8. The lowest BCUT2D eigenvalue weighted by molar-refractivity contribution is -0.137. The van der Waals surface area contributed by atoms with Crippen molar-refractivity contribution in [2.24, 2.45) is 0 Å². The van der Waals surface area contributed by atoms with Crippen molar-refractivity contribution in [3.63, 3.8) is 0 Å². The fourth-order valence-electron chi connectivity index (χ4n) is 2.95. The van der Waals surface area contributed by atoms with Gasteiger partial charge in [-0.15, -0.1) is 0 Å². The molecule has 0 amide bonds. The van der Waals surface area contributed by atoms with Crippen molar-refractivity contribution < 1.29 is 22.8 Å². The fraction of sp³-hybridized carbons (Fsp3) is 0.870. The van der Waals surface area contributed by atoms with E-state index in [1.807, 2.05) is 0 Å². The minimum Gasteiger partial charge on any atom is -0.463 e. The van der Waals surface area contributed by atoms with E-state index in [4.69, 9.17) is 18.0 Å². The maximum Gasteiger partial charge on any atom is 0.501 e. The summed E-state index contributed by atoms with van der Waals surface area (Å²) in [6.07, 6.45) is 14.5. The zero-order valence-electron chi connectivity index (χ0n) is 19.3. The van der Waals surface area contributed by atoms with Crippen LogP contribution in [0.25, 0.3) is 0 Å². The smallest absolute Gasteiger partial charge is 0.463 e. The van der Waals surface area contributed by atoms with Gasteiger partial charge in [0.05, 0.1) is 6.61 Å². The van der Waals surface area contributed by atoms with Crippen LogP contribution in [0, 0.1) is 0 Å². The third-order valence-corrected chi connectivity index (χ3v) is 7.65. The standard InChI is InChI=1S/C23H46O5Si/c1-5-9-12-15-20-27-29(26-19-14-11-7-3,28-21-16-13-10-6-2)22-17-18-25-23(24)8-4/h8H,4-7,9-22H2,1-3H3. The molecule has 0 radical (unpaired) electrons. The van der Waals surface area contributed by atoms with E-state index >= 15 is 0 Å². The van der Waals surface area contributed by atoms with E-state index in [2.05, 4.69) is 27.4 Å². The first kappa shape index (κ1) is 28.3. The van der Waals surface area contributed by atoms with Crippen LogP contribution in [0.5, 0.6) is 0 Å². The van der Waals surface area contributed by atoms with Crippen molar-refractivity contribution in [2.45, 2.75) is 104 Å². The van der Waals surface area contributed by atoms with Gasteiger partial charge >= 0.3 is 14.8 Å². The molecule has 0 rings (SSSR count). The number of carbonyl (C=O) groups is 1. The van der Waals surface area contributed by atoms with Gasteiger partial charge in [0.15, 0.2) is 0 Å². The van der Waals surface area contributed by atoms with Gasteiger partial charge in [0.2, 0.25) is 0 Å². The maximum absolute atomic E-state index is 11.3. The van der Waals surface area contributed by atoms with Crippen molar-refractivity contribution >= 4 is 14.8 Å². The summed E-state index contributed by atoms with van der Waals surface area (Å²) in [5.74, 6) is -0.387. The molecule has 0 heterocycles. The Hall–Kier alpha value is -0.693. The predicted molar refractivity (Wildman–Crippen MR) is 122 cm³/mol. The summed E-state index contributed by atoms with van der Waals surface area (Å²) in [5, 5.41) is 0. The summed E-state index contributed by atoms with van der Waals surface area (Å²) >= 11 is 0. The van der Waals surface area contributed by atoms with Crippen molar-refractivity contribution in [2.75, 3.05) is 26.4 Å². The first-order valence-electron chi connectivity index (χ1n) is 11.8. The Kier molecular flexibility index (Phi) is 20.1. The highest BCUT2D eigenvalue weighted by Gasteiger charge is 2.40. The third kappa shape index (κ3) is 16.8. The Labute approximate surface area is 180 Å². The van der Waals surface area contributed by atoms with Gasteiger partial charge < -0.3 is 18.0 Å². The Morgan fingerprint density at radius 1 is 0.690 bits per heavy atom. The predicted octanol–water partition coefficient (Wildman–Crippen LogP) is 6.45. The summed E-state index contributed by atoms with van der Waals surface area (Å²) in [6, 6.07) is 0.686. The normalized spacial score (nSPS) is 11.6. The van der Waals surface area contributed by atoms with Crippen molar-refractivity contribution in [3.05, 3.63) is 12.7 Å². The van der Waals surface area contributed by atoms with E-state index in [1.54, 1.807) is 0 Å². The second kappa shape index (κ2) is 20.6. The Balaban J connectivity index is 4.78. The van der Waals surface area contributed by atoms with Crippen molar-refractivity contribution in [3.8, 4) is 0 Å². The van der Waals surface area contributed by atoms with Crippen LogP contribution in [0.2, 0.25) is 6.04 Å². The summed E-state index contributed by atoms with van der Waals surface area (Å²) in [7, 11) is -2.77. The average molecular weight is 431 g/mol. The third-order valence-electron chi connectivity index (χ3n) is 4.75. The van der Waals surface area contributed by atoms with Crippen molar-refractivity contribution in [1.82, 2.24) is 0 Å². The second-order valence-electron chi connectivity index (χ2n) is 7.53. The molecule has 29 heavy (non-hydrogen) atoms. The summed E-state index contributed by atoms with van der Waals surface area (Å²) in [4.78, 5) is 11.3. The highest BCUT2D eigenvalue weighted by atomic mass is 28.4. The fourth-order valence-corrected chi connectivity index (χ4v) is 5.58. The molecular formula is C23H46O5Si. The molecule has 0 atom stereocenters. The molecule has 6 heteroatoms. The topological polar surface area (TPSA) is 54.0 Å². The van der Waals surface area contributed by atoms with Crippen LogP contribution in [0.3, 0.4) is 0 Å². The summed E-state index contributed by atoms with van der Waals surface area (Å²) < 4.78 is 24.1. The van der Waals surface area contributed by atoms with Gasteiger partial charge in [0, 0.05) is 31.9 Å². The SMILES string of the molecule is C=CC(=O)OCCC[Si](OCCCCC)(OCCCCCC)OCCCCCC. The second-order valence-corrected chi connectivity index (χ2v) is 10.3. The van der Waals surface area contributed by atoms with Gasteiger partial charge in [-0.2, -0.15) is 0 Å². The molecule has 172 valence electrons. The van der Waals surface area contributed by atoms with Gasteiger partial charge in [-0.1, -0.05) is 78.7 Å². The van der Waals surface area contributed by atoms with Gasteiger partial charge in [0.1, 0.15) is 0 Å². The molecular weight excluding hydrogens is 384 g/mol. The number of carbonyl (C=O) groups excluding carboxylic acids is 1. The van der Waals surface area contributed by atoms with Crippen LogP contribution < -0.4 is 0 Å². The molecule has 0 aromatic carbocycles. The number of hydrogen-bond donors (Lipinski definition) is 0. The van der Waals surface area contributed by atoms with Gasteiger partial charge in [0.25, 0.3) is 0 Å². The van der Waals surface area contributed by atoms with Crippen LogP contribution >= 0.6 is 0 Å². The van der Waals surface area contributed by atoms with Gasteiger partial charge in [-0.25, -0.2) is 4.79 Å². The molecule has 0 aromatic rings. The van der Waals surface area contributed by atoms with E-state index < -0.39 is 8.80 Å². The van der Waals surface area contributed by atoms with Crippen LogP contribution in [0.15, 0.2) is 12.7 Å². The monoisotopic (exact) mass is 430 g/mol. The lowest BCUT2D eigenvalue weighted by Gasteiger charge is -2.30. The molecule has 0 aliphatic heterocycles. The zero-order chi connectivity index (χ0) is 21.6. The van der Waals surface area contributed by atoms with E-state index in [0.717, 1.165) is 32.1 Å². The molecule has 0 N–H and O–H groups in total. The van der Waals surface area contributed by atoms with Crippen LogP contribution in [0.1, 0.15) is 97.8 Å². The average Bonchev–Trinajstić information content (AvgIpc) is 2.73. The lowest BCUT2D eigenvalue weighted by atomic mass is 10.2. The largest absolute Gasteiger partial charge is 0.501 e. The highest BCUT2D eigenvalue weighted by molar-refractivity contribution is 6.60. The van der Waals surface area contributed by atoms with Gasteiger partial charge in [-0.3, -0.25) is 0 Å². The molecule has 0 aliphatic carbocycles. The highest BCUT2D eigenvalue weighted by Crippen LogP contribution is 2.21. The Morgan fingerprint density at radius 2 is 1.14 bits per heavy atom. The molecule has 0 saturated heterocycles. The number of hydrogen-bond acceptors (Lipinski definition) is 5. The maximum atomic E-state index is 11.3. The molecule has 0 aromatic heterocycles. The van der Waals surface area contributed by atoms with E-state index in [1.165, 1.54) is 44.6 Å². The van der Waals surface area contributed by atoms with Crippen LogP contribution in [0.4, 0.5) is 0 Å². The Bertz CT molecular complexity index is 375. The first-order chi connectivity index (χ1) is 14.1. The lowest BCUT2D eigenvalue weighted by Crippen LogP contribution is -2.47. The molecule has 0 spiro atoms. The molecule has 0 saturated carbocycles. The molecule has 5 nitrogen and oxygen atoms in total. The quantitative estimate of drug-likeness (QED) is 0.0855. The molecule has 0 unspecified atom stereocenters. The number of ether oxygens (including phenoxy) is 1. The molecule has 0 bridgehead atoms. The van der Waals surface area contributed by atoms with E-state index in [9.17, 15) is 4.79 Å². The summed E-state index contributed by atoms with van der Waals surface area (Å²) in [5.41, 5.74) is 0. The summed E-state index contributed by atoms with van der Waals surface area (Å²) in [6.45, 7) is 12.4. The molecule has 0 fully saturated rings. The van der Waals surface area contributed by atoms with Crippen LogP contribution in [-0.4, -0.2) is 41.2 Å². The van der Waals surface area contributed by atoms with Gasteiger partial charge in [-0.05, 0) is 25.7 Å². The van der Waals surface area contributed by atoms with Crippen molar-refractivity contribution in [1.29, 1.82) is 0 Å². The first-order valence-corrected chi connectivity index (χ1v) is 13.8. The molecule has 0 aliphatic rings. The minimum absolute atomic E-state index is 0.344. The van der Waals surface area contributed by atoms with E-state index in [0.29, 0.717) is 38.9 Å². The number of rotatable bonds is 22. The minimum atomic E-state index is -2.77. The number of esters is 1. The van der Waals surface area contributed by atoms with Crippen LogP contribution in [-0.2, 0) is 22.8 Å². The van der Waals surface area contributed by atoms with E-state index in [-0.39, 0.29) is 5.97 Å². The zero-order valence-corrected chi connectivity index (χ0v) is 20.3. The Morgan fingerprint density at radius 3 is 1.59 bits per heavy atom.